The Bertz CT molecular complexity index is 1220. The standard InChI is InChI=1S/C26H30N2O5/c1-5-31-18-10-7-9-17(15-18)23-22-24(29)20-12-11-19(32-6-2)16-21(20)33-25(22)26(30)28(23)14-8-13-27(3)4/h7,9-12,15-16,23H,5-6,8,13-14H2,1-4H3. The van der Waals surface area contributed by atoms with Gasteiger partial charge in [-0.25, -0.2) is 0 Å². The van der Waals surface area contributed by atoms with E-state index in [1.165, 1.54) is 0 Å². The quantitative estimate of drug-likeness (QED) is 0.489. The molecule has 1 aliphatic heterocycles. The molecule has 0 bridgehead atoms. The molecule has 33 heavy (non-hydrogen) atoms. The Morgan fingerprint density at radius 3 is 2.42 bits per heavy atom. The van der Waals surface area contributed by atoms with E-state index in [1.54, 1.807) is 23.1 Å². The highest BCUT2D eigenvalue weighted by Gasteiger charge is 2.42. The van der Waals surface area contributed by atoms with E-state index in [4.69, 9.17) is 13.9 Å². The summed E-state index contributed by atoms with van der Waals surface area (Å²) >= 11 is 0. The number of carbonyl (C=O) groups excluding carboxylic acids is 1. The topological polar surface area (TPSA) is 72.2 Å². The fourth-order valence-corrected chi connectivity index (χ4v) is 4.33. The Hall–Kier alpha value is -3.32. The maximum atomic E-state index is 13.6. The van der Waals surface area contributed by atoms with Crippen LogP contribution in [0.4, 0.5) is 0 Å². The van der Waals surface area contributed by atoms with Crippen molar-refractivity contribution in [2.45, 2.75) is 26.3 Å². The summed E-state index contributed by atoms with van der Waals surface area (Å²) in [5.41, 5.74) is 1.38. The third kappa shape index (κ3) is 4.46. The summed E-state index contributed by atoms with van der Waals surface area (Å²) in [5, 5.41) is 0.436. The van der Waals surface area contributed by atoms with Crippen molar-refractivity contribution in [1.82, 2.24) is 9.80 Å². The third-order valence-corrected chi connectivity index (χ3v) is 5.74. The average Bonchev–Trinajstić information content (AvgIpc) is 3.06. The SMILES string of the molecule is CCOc1cccc(C2c3c(oc4cc(OCC)ccc4c3=O)C(=O)N2CCCN(C)C)c1. The van der Waals surface area contributed by atoms with E-state index in [9.17, 15) is 9.59 Å². The number of amides is 1. The second kappa shape index (κ2) is 9.67. The van der Waals surface area contributed by atoms with Gasteiger partial charge in [0.1, 0.15) is 17.1 Å². The van der Waals surface area contributed by atoms with Gasteiger partial charge in [0.15, 0.2) is 5.43 Å². The van der Waals surface area contributed by atoms with Gasteiger partial charge in [0, 0.05) is 12.6 Å². The van der Waals surface area contributed by atoms with E-state index in [0.717, 1.165) is 18.5 Å². The first-order valence-electron chi connectivity index (χ1n) is 11.4. The van der Waals surface area contributed by atoms with Gasteiger partial charge in [0.2, 0.25) is 5.76 Å². The number of ether oxygens (including phenoxy) is 2. The van der Waals surface area contributed by atoms with Crippen molar-refractivity contribution in [3.8, 4) is 11.5 Å². The van der Waals surface area contributed by atoms with Crippen LogP contribution in [0.15, 0.2) is 51.7 Å². The van der Waals surface area contributed by atoms with Gasteiger partial charge < -0.3 is 23.7 Å². The molecule has 4 rings (SSSR count). The summed E-state index contributed by atoms with van der Waals surface area (Å²) < 4.78 is 17.3. The van der Waals surface area contributed by atoms with E-state index in [-0.39, 0.29) is 17.1 Å². The number of nitrogens with zero attached hydrogens (tertiary/aromatic N) is 2. The highest BCUT2D eigenvalue weighted by Crippen LogP contribution is 2.39. The predicted octanol–water partition coefficient (Wildman–Crippen LogP) is 4.09. The fraction of sp³-hybridized carbons (Fsp3) is 0.385. The van der Waals surface area contributed by atoms with Crippen LogP contribution in [-0.2, 0) is 0 Å². The second-order valence-corrected chi connectivity index (χ2v) is 8.33. The zero-order chi connectivity index (χ0) is 23.5. The summed E-state index contributed by atoms with van der Waals surface area (Å²) in [6.07, 6.45) is 0.774. The molecule has 0 saturated carbocycles. The van der Waals surface area contributed by atoms with Crippen molar-refractivity contribution in [2.24, 2.45) is 0 Å². The Morgan fingerprint density at radius 1 is 1.00 bits per heavy atom. The van der Waals surface area contributed by atoms with Gasteiger partial charge in [0.05, 0.1) is 30.2 Å². The zero-order valence-corrected chi connectivity index (χ0v) is 19.6. The minimum atomic E-state index is -0.526. The first kappa shape index (κ1) is 22.9. The molecule has 3 aromatic rings. The van der Waals surface area contributed by atoms with Crippen LogP contribution in [0.25, 0.3) is 11.0 Å². The summed E-state index contributed by atoms with van der Waals surface area (Å²) in [7, 11) is 3.99. The smallest absolute Gasteiger partial charge is 0.290 e. The van der Waals surface area contributed by atoms with Crippen LogP contribution in [0.1, 0.15) is 48.0 Å². The molecule has 0 fully saturated rings. The fourth-order valence-electron chi connectivity index (χ4n) is 4.33. The van der Waals surface area contributed by atoms with Crippen molar-refractivity contribution in [2.75, 3.05) is 40.4 Å². The minimum Gasteiger partial charge on any atom is -0.494 e. The predicted molar refractivity (Wildman–Crippen MR) is 127 cm³/mol. The van der Waals surface area contributed by atoms with Gasteiger partial charge in [-0.3, -0.25) is 9.59 Å². The summed E-state index contributed by atoms with van der Waals surface area (Å²) in [4.78, 5) is 30.9. The lowest BCUT2D eigenvalue weighted by Crippen LogP contribution is -2.32. The van der Waals surface area contributed by atoms with Crippen molar-refractivity contribution in [1.29, 1.82) is 0 Å². The van der Waals surface area contributed by atoms with Crippen LogP contribution < -0.4 is 14.9 Å². The Morgan fingerprint density at radius 2 is 1.73 bits per heavy atom. The molecule has 0 radical (unpaired) electrons. The maximum Gasteiger partial charge on any atom is 0.290 e. The van der Waals surface area contributed by atoms with Crippen LogP contribution in [0.2, 0.25) is 0 Å². The first-order valence-corrected chi connectivity index (χ1v) is 11.4. The number of fused-ring (bicyclic) bond motifs is 2. The van der Waals surface area contributed by atoms with Crippen LogP contribution in [-0.4, -0.2) is 56.1 Å². The Labute approximate surface area is 193 Å². The van der Waals surface area contributed by atoms with Crippen molar-refractivity contribution >= 4 is 16.9 Å². The van der Waals surface area contributed by atoms with Crippen molar-refractivity contribution in [3.63, 3.8) is 0 Å². The molecule has 1 unspecified atom stereocenters. The zero-order valence-electron chi connectivity index (χ0n) is 19.6. The molecule has 1 aliphatic rings. The second-order valence-electron chi connectivity index (χ2n) is 8.33. The van der Waals surface area contributed by atoms with E-state index < -0.39 is 6.04 Å². The molecule has 0 saturated heterocycles. The number of rotatable bonds is 9. The number of hydrogen-bond donors (Lipinski definition) is 0. The van der Waals surface area contributed by atoms with Gasteiger partial charge in [-0.15, -0.1) is 0 Å². The summed E-state index contributed by atoms with van der Waals surface area (Å²) in [6.45, 7) is 6.17. The number of hydrogen-bond acceptors (Lipinski definition) is 6. The molecule has 0 aliphatic carbocycles. The molecule has 174 valence electrons. The van der Waals surface area contributed by atoms with Crippen LogP contribution >= 0.6 is 0 Å². The lowest BCUT2D eigenvalue weighted by atomic mass is 9.98. The first-order chi connectivity index (χ1) is 15.9. The van der Waals surface area contributed by atoms with E-state index >= 15 is 0 Å². The van der Waals surface area contributed by atoms with Gasteiger partial charge >= 0.3 is 0 Å². The van der Waals surface area contributed by atoms with Crippen LogP contribution in [0.3, 0.4) is 0 Å². The lowest BCUT2D eigenvalue weighted by Gasteiger charge is -2.26. The molecule has 0 spiro atoms. The summed E-state index contributed by atoms with van der Waals surface area (Å²) in [5.74, 6) is 1.15. The average molecular weight is 451 g/mol. The normalized spacial score (nSPS) is 15.4. The molecule has 7 heteroatoms. The molecular formula is C26H30N2O5. The van der Waals surface area contributed by atoms with Crippen molar-refractivity contribution < 1.29 is 18.7 Å². The van der Waals surface area contributed by atoms with Gasteiger partial charge in [-0.05, 0) is 70.7 Å². The van der Waals surface area contributed by atoms with E-state index in [1.807, 2.05) is 52.2 Å². The molecule has 1 atom stereocenters. The molecular weight excluding hydrogens is 420 g/mol. The van der Waals surface area contributed by atoms with Gasteiger partial charge in [-0.2, -0.15) is 0 Å². The largest absolute Gasteiger partial charge is 0.494 e. The highest BCUT2D eigenvalue weighted by molar-refractivity contribution is 5.99. The molecule has 2 aromatic carbocycles. The molecule has 0 N–H and O–H groups in total. The monoisotopic (exact) mass is 450 g/mol. The van der Waals surface area contributed by atoms with Crippen LogP contribution in [0, 0.1) is 0 Å². The number of benzene rings is 2. The number of carbonyl (C=O) groups is 1. The summed E-state index contributed by atoms with van der Waals surface area (Å²) in [6, 6.07) is 12.2. The third-order valence-electron chi connectivity index (χ3n) is 5.74. The minimum absolute atomic E-state index is 0.109. The molecule has 1 amide bonds. The highest BCUT2D eigenvalue weighted by atomic mass is 16.5. The lowest BCUT2D eigenvalue weighted by molar-refractivity contribution is 0.0722. The molecule has 2 heterocycles. The Kier molecular flexibility index (Phi) is 6.70. The van der Waals surface area contributed by atoms with Crippen molar-refractivity contribution in [3.05, 3.63) is 69.6 Å². The van der Waals surface area contributed by atoms with Gasteiger partial charge in [0.25, 0.3) is 5.91 Å². The van der Waals surface area contributed by atoms with Crippen LogP contribution in [0.5, 0.6) is 11.5 Å². The maximum absolute atomic E-state index is 13.6. The van der Waals surface area contributed by atoms with Gasteiger partial charge in [-0.1, -0.05) is 12.1 Å². The van der Waals surface area contributed by atoms with E-state index in [0.29, 0.717) is 47.8 Å². The Balaban J connectivity index is 1.85. The molecule has 1 aromatic heterocycles. The molecule has 7 nitrogen and oxygen atoms in total. The van der Waals surface area contributed by atoms with E-state index in [2.05, 4.69) is 4.90 Å².